The number of halogens is 3. The van der Waals surface area contributed by atoms with Crippen LogP contribution < -0.4 is 24.4 Å². The molecule has 0 aromatic heterocycles. The number of ether oxygens (including phenoxy) is 2. The van der Waals surface area contributed by atoms with Gasteiger partial charge in [0, 0.05) is 32.2 Å². The minimum absolute atomic E-state index is 0. The molecule has 29 heavy (non-hydrogen) atoms. The smallest absolute Gasteiger partial charge is 0.387 e. The lowest BCUT2D eigenvalue weighted by Crippen LogP contribution is -2.43. The van der Waals surface area contributed by atoms with Crippen LogP contribution in [0.25, 0.3) is 0 Å². The van der Waals surface area contributed by atoms with Crippen LogP contribution in [0.4, 0.5) is 20.2 Å². The fourth-order valence-electron chi connectivity index (χ4n) is 2.94. The Kier molecular flexibility index (Phi) is 7.88. The molecule has 2 N–H and O–H groups in total. The third kappa shape index (κ3) is 5.84. The predicted molar refractivity (Wildman–Crippen MR) is 109 cm³/mol. The summed E-state index contributed by atoms with van der Waals surface area (Å²) in [6, 6.07) is 9.93. The summed E-state index contributed by atoms with van der Waals surface area (Å²) in [4.78, 5) is 1.93. The first kappa shape index (κ1) is 23.0. The minimum Gasteiger partial charge on any atom is -0.495 e. The molecule has 2 aromatic rings. The Labute approximate surface area is 174 Å². The Morgan fingerprint density at radius 2 is 1.86 bits per heavy atom. The number of anilines is 2. The van der Waals surface area contributed by atoms with Gasteiger partial charge in [0.25, 0.3) is 10.0 Å². The molecule has 2 aromatic carbocycles. The van der Waals surface area contributed by atoms with Crippen LogP contribution in [0, 0.1) is 0 Å². The highest BCUT2D eigenvalue weighted by Gasteiger charge is 2.19. The van der Waals surface area contributed by atoms with Gasteiger partial charge in [0.05, 0.1) is 23.4 Å². The van der Waals surface area contributed by atoms with Crippen LogP contribution in [0.5, 0.6) is 11.5 Å². The van der Waals surface area contributed by atoms with E-state index in [0.29, 0.717) is 11.4 Å². The number of benzene rings is 2. The second-order valence-corrected chi connectivity index (χ2v) is 7.76. The van der Waals surface area contributed by atoms with Crippen molar-refractivity contribution in [2.45, 2.75) is 11.5 Å². The zero-order valence-electron chi connectivity index (χ0n) is 15.6. The van der Waals surface area contributed by atoms with E-state index in [1.54, 1.807) is 25.3 Å². The summed E-state index contributed by atoms with van der Waals surface area (Å²) in [6.45, 7) is 0.125. The standard InChI is InChI=1S/C18H21F2N3O4S.ClH/c1-26-17-6-5-13(11-16(17)23-9-7-21-8-10-23)22-28(24,25)15-4-2-3-14(12-15)27-18(19)20;/h2-6,11-12,18,21-22H,7-10H2,1H3;1H. The zero-order chi connectivity index (χ0) is 20.1. The Balaban J connectivity index is 0.00000300. The van der Waals surface area contributed by atoms with E-state index < -0.39 is 16.6 Å². The number of alkyl halides is 2. The van der Waals surface area contributed by atoms with Crippen molar-refractivity contribution in [3.05, 3.63) is 42.5 Å². The van der Waals surface area contributed by atoms with E-state index >= 15 is 0 Å². The van der Waals surface area contributed by atoms with Crippen LogP contribution in [0.15, 0.2) is 47.4 Å². The molecule has 0 atom stereocenters. The maximum absolute atomic E-state index is 12.7. The van der Waals surface area contributed by atoms with Crippen molar-refractivity contribution in [2.24, 2.45) is 0 Å². The monoisotopic (exact) mass is 449 g/mol. The van der Waals surface area contributed by atoms with Gasteiger partial charge in [0.2, 0.25) is 0 Å². The number of rotatable bonds is 7. The van der Waals surface area contributed by atoms with Crippen LogP contribution in [0.3, 0.4) is 0 Å². The molecule has 1 heterocycles. The van der Waals surface area contributed by atoms with Crippen molar-refractivity contribution >= 4 is 33.8 Å². The van der Waals surface area contributed by atoms with Gasteiger partial charge in [-0.15, -0.1) is 12.4 Å². The molecule has 0 unspecified atom stereocenters. The molecular weight excluding hydrogens is 428 g/mol. The number of methoxy groups -OCH3 is 1. The van der Waals surface area contributed by atoms with Gasteiger partial charge in [0.1, 0.15) is 11.5 Å². The van der Waals surface area contributed by atoms with E-state index in [-0.39, 0.29) is 23.1 Å². The number of hydrogen-bond donors (Lipinski definition) is 2. The highest BCUT2D eigenvalue weighted by molar-refractivity contribution is 7.92. The number of hydrogen-bond acceptors (Lipinski definition) is 6. The van der Waals surface area contributed by atoms with E-state index in [1.165, 1.54) is 18.2 Å². The molecule has 0 bridgehead atoms. The first-order valence-electron chi connectivity index (χ1n) is 8.60. The predicted octanol–water partition coefficient (Wildman–Crippen LogP) is 2.93. The Hall–Kier alpha value is -2.30. The molecule has 1 fully saturated rings. The summed E-state index contributed by atoms with van der Waals surface area (Å²) < 4.78 is 62.3. The molecule has 0 radical (unpaired) electrons. The van der Waals surface area contributed by atoms with Crippen molar-refractivity contribution in [3.63, 3.8) is 0 Å². The van der Waals surface area contributed by atoms with Crippen LogP contribution >= 0.6 is 12.4 Å². The van der Waals surface area contributed by atoms with Crippen molar-refractivity contribution < 1.29 is 26.7 Å². The highest BCUT2D eigenvalue weighted by Crippen LogP contribution is 2.32. The number of sulfonamides is 1. The van der Waals surface area contributed by atoms with Crippen molar-refractivity contribution in [3.8, 4) is 11.5 Å². The zero-order valence-corrected chi connectivity index (χ0v) is 17.2. The van der Waals surface area contributed by atoms with Gasteiger partial charge in [-0.2, -0.15) is 8.78 Å². The molecule has 0 saturated carbocycles. The summed E-state index contributed by atoms with van der Waals surface area (Å²) in [5.74, 6) is 0.409. The summed E-state index contributed by atoms with van der Waals surface area (Å²) in [5.41, 5.74) is 1.12. The molecular formula is C18H22ClF2N3O4S. The molecule has 3 rings (SSSR count). The van der Waals surface area contributed by atoms with Gasteiger partial charge < -0.3 is 19.7 Å². The normalized spacial score (nSPS) is 14.3. The fourth-order valence-corrected chi connectivity index (χ4v) is 4.02. The summed E-state index contributed by atoms with van der Waals surface area (Å²) in [6.07, 6.45) is 0. The van der Waals surface area contributed by atoms with Crippen molar-refractivity contribution in [2.75, 3.05) is 42.9 Å². The fraction of sp³-hybridized carbons (Fsp3) is 0.333. The number of piperazine rings is 1. The second-order valence-electron chi connectivity index (χ2n) is 6.08. The largest absolute Gasteiger partial charge is 0.495 e. The first-order chi connectivity index (χ1) is 13.4. The van der Waals surface area contributed by atoms with Gasteiger partial charge in [-0.3, -0.25) is 4.72 Å². The van der Waals surface area contributed by atoms with Crippen LogP contribution in [-0.4, -0.2) is 48.3 Å². The van der Waals surface area contributed by atoms with Gasteiger partial charge in [-0.05, 0) is 30.3 Å². The molecule has 1 aliphatic heterocycles. The van der Waals surface area contributed by atoms with Crippen LogP contribution in [0.1, 0.15) is 0 Å². The molecule has 0 spiro atoms. The molecule has 0 aliphatic carbocycles. The summed E-state index contributed by atoms with van der Waals surface area (Å²) in [5, 5.41) is 3.26. The van der Waals surface area contributed by atoms with Crippen molar-refractivity contribution in [1.29, 1.82) is 0 Å². The van der Waals surface area contributed by atoms with E-state index in [9.17, 15) is 17.2 Å². The first-order valence-corrected chi connectivity index (χ1v) is 10.1. The van der Waals surface area contributed by atoms with E-state index in [2.05, 4.69) is 19.7 Å². The third-order valence-electron chi connectivity index (χ3n) is 4.23. The lowest BCUT2D eigenvalue weighted by Gasteiger charge is -2.31. The summed E-state index contributed by atoms with van der Waals surface area (Å²) >= 11 is 0. The second kappa shape index (κ2) is 9.95. The Morgan fingerprint density at radius 1 is 1.14 bits per heavy atom. The Morgan fingerprint density at radius 3 is 2.52 bits per heavy atom. The highest BCUT2D eigenvalue weighted by atomic mass is 35.5. The van der Waals surface area contributed by atoms with Gasteiger partial charge in [0.15, 0.2) is 0 Å². The third-order valence-corrected chi connectivity index (χ3v) is 5.61. The molecule has 1 aliphatic rings. The van der Waals surface area contributed by atoms with E-state index in [1.807, 2.05) is 0 Å². The lowest BCUT2D eigenvalue weighted by molar-refractivity contribution is -0.0499. The maximum Gasteiger partial charge on any atom is 0.387 e. The van der Waals surface area contributed by atoms with Crippen LogP contribution in [0.2, 0.25) is 0 Å². The summed E-state index contributed by atoms with van der Waals surface area (Å²) in [7, 11) is -2.43. The molecule has 1 saturated heterocycles. The SMILES string of the molecule is COc1ccc(NS(=O)(=O)c2cccc(OC(F)F)c2)cc1N1CCNCC1.Cl. The Bertz CT molecular complexity index is 925. The lowest BCUT2D eigenvalue weighted by atomic mass is 10.2. The molecule has 11 heteroatoms. The van der Waals surface area contributed by atoms with Gasteiger partial charge >= 0.3 is 6.61 Å². The number of nitrogens with zero attached hydrogens (tertiary/aromatic N) is 1. The quantitative estimate of drug-likeness (QED) is 0.676. The average molecular weight is 450 g/mol. The molecule has 7 nitrogen and oxygen atoms in total. The number of nitrogens with one attached hydrogen (secondary N) is 2. The topological polar surface area (TPSA) is 79.9 Å². The minimum atomic E-state index is -3.99. The van der Waals surface area contributed by atoms with Crippen LogP contribution in [-0.2, 0) is 10.0 Å². The van der Waals surface area contributed by atoms with Crippen molar-refractivity contribution in [1.82, 2.24) is 5.32 Å². The maximum atomic E-state index is 12.7. The van der Waals surface area contributed by atoms with Gasteiger partial charge in [-0.1, -0.05) is 6.07 Å². The molecule has 0 amide bonds. The average Bonchev–Trinajstić information content (AvgIpc) is 2.68. The molecule has 160 valence electrons. The van der Waals surface area contributed by atoms with E-state index in [0.717, 1.165) is 37.9 Å². The van der Waals surface area contributed by atoms with E-state index in [4.69, 9.17) is 4.74 Å². The van der Waals surface area contributed by atoms with Gasteiger partial charge in [-0.25, -0.2) is 8.42 Å².